The second kappa shape index (κ2) is 7.87. The number of amides is 2. The number of nitrogens with zero attached hydrogens (tertiary/aromatic N) is 3. The van der Waals surface area contributed by atoms with Crippen molar-refractivity contribution in [2.24, 2.45) is 0 Å². The Morgan fingerprint density at radius 1 is 0.857 bits per heavy atom. The average molecular weight is 396 g/mol. The normalized spacial score (nSPS) is 19.0. The molecule has 2 aromatic rings. The minimum Gasteiger partial charge on any atom is -0.304 e. The van der Waals surface area contributed by atoms with Crippen LogP contribution >= 0.6 is 11.6 Å². The molecule has 2 heterocycles. The lowest BCUT2D eigenvalue weighted by molar-refractivity contribution is -0.119. The van der Waals surface area contributed by atoms with Gasteiger partial charge in [0, 0.05) is 32.7 Å². The molecule has 28 heavy (non-hydrogen) atoms. The van der Waals surface area contributed by atoms with Crippen molar-refractivity contribution >= 4 is 34.7 Å². The second-order valence-electron chi connectivity index (χ2n) is 7.25. The number of carbonyl (C=O) groups is 2. The predicted molar refractivity (Wildman–Crippen MR) is 111 cm³/mol. The summed E-state index contributed by atoms with van der Waals surface area (Å²) in [5, 5.41) is -0.0299. The van der Waals surface area contributed by atoms with Crippen LogP contribution in [0.25, 0.3) is 5.57 Å². The van der Waals surface area contributed by atoms with E-state index in [1.54, 1.807) is 12.1 Å². The van der Waals surface area contributed by atoms with Gasteiger partial charge >= 0.3 is 0 Å². The summed E-state index contributed by atoms with van der Waals surface area (Å²) in [4.78, 5) is 31.4. The quantitative estimate of drug-likeness (QED) is 0.746. The van der Waals surface area contributed by atoms with Gasteiger partial charge in [0.2, 0.25) is 0 Å². The molecule has 144 valence electrons. The molecule has 6 heteroatoms. The molecule has 0 aromatic heterocycles. The lowest BCUT2D eigenvalue weighted by Gasteiger charge is -2.32. The number of benzene rings is 2. The van der Waals surface area contributed by atoms with Gasteiger partial charge in [-0.25, -0.2) is 4.90 Å². The maximum absolute atomic E-state index is 12.9. The van der Waals surface area contributed by atoms with E-state index in [1.165, 1.54) is 0 Å². The highest BCUT2D eigenvalue weighted by Gasteiger charge is 2.39. The topological polar surface area (TPSA) is 43.9 Å². The molecule has 4 rings (SSSR count). The van der Waals surface area contributed by atoms with Crippen LogP contribution in [-0.4, -0.2) is 54.8 Å². The fraction of sp³-hybridized carbons (Fsp3) is 0.273. The Balaban J connectivity index is 1.50. The van der Waals surface area contributed by atoms with Crippen LogP contribution < -0.4 is 4.90 Å². The van der Waals surface area contributed by atoms with Gasteiger partial charge in [0.05, 0.1) is 11.3 Å². The zero-order chi connectivity index (χ0) is 19.7. The summed E-state index contributed by atoms with van der Waals surface area (Å²) in [6.45, 7) is 5.09. The van der Waals surface area contributed by atoms with E-state index in [1.807, 2.05) is 42.5 Å². The molecule has 1 fully saturated rings. The van der Waals surface area contributed by atoms with Gasteiger partial charge in [-0.3, -0.25) is 14.5 Å². The van der Waals surface area contributed by atoms with Crippen LogP contribution in [0.1, 0.15) is 11.1 Å². The molecular formula is C22H22ClN3O2. The first-order chi connectivity index (χ1) is 13.5. The minimum atomic E-state index is -0.475. The van der Waals surface area contributed by atoms with Crippen LogP contribution in [-0.2, 0) is 16.1 Å². The molecule has 2 aliphatic rings. The van der Waals surface area contributed by atoms with Gasteiger partial charge in [-0.2, -0.15) is 0 Å². The van der Waals surface area contributed by atoms with E-state index in [-0.39, 0.29) is 16.5 Å². The average Bonchev–Trinajstić information content (AvgIpc) is 2.94. The van der Waals surface area contributed by atoms with Crippen molar-refractivity contribution < 1.29 is 9.59 Å². The van der Waals surface area contributed by atoms with E-state index in [9.17, 15) is 9.59 Å². The van der Waals surface area contributed by atoms with Crippen LogP contribution in [0.5, 0.6) is 0 Å². The molecular weight excluding hydrogens is 374 g/mol. The first-order valence-corrected chi connectivity index (χ1v) is 9.76. The van der Waals surface area contributed by atoms with Crippen molar-refractivity contribution in [1.29, 1.82) is 0 Å². The lowest BCUT2D eigenvalue weighted by Crippen LogP contribution is -2.43. The first kappa shape index (κ1) is 18.9. The van der Waals surface area contributed by atoms with E-state index < -0.39 is 5.91 Å². The summed E-state index contributed by atoms with van der Waals surface area (Å²) < 4.78 is 0. The zero-order valence-corrected chi connectivity index (χ0v) is 16.5. The number of hydrogen-bond donors (Lipinski definition) is 0. The molecule has 2 amide bonds. The first-order valence-electron chi connectivity index (χ1n) is 9.38. The maximum Gasteiger partial charge on any atom is 0.277 e. The number of halogens is 1. The molecule has 0 bridgehead atoms. The molecule has 0 unspecified atom stereocenters. The third kappa shape index (κ3) is 3.61. The number of piperazine rings is 1. The van der Waals surface area contributed by atoms with Gasteiger partial charge in [-0.05, 0) is 30.3 Å². The number of likely N-dealkylation sites (N-methyl/N-ethyl adjacent to an activating group) is 1. The monoisotopic (exact) mass is 395 g/mol. The highest BCUT2D eigenvalue weighted by Crippen LogP contribution is 2.34. The summed E-state index contributed by atoms with van der Waals surface area (Å²) in [7, 11) is 2.14. The molecule has 2 aliphatic heterocycles. The highest BCUT2D eigenvalue weighted by molar-refractivity contribution is 6.60. The second-order valence-corrected chi connectivity index (χ2v) is 7.62. The van der Waals surface area contributed by atoms with E-state index in [2.05, 4.69) is 16.8 Å². The number of hydrogen-bond acceptors (Lipinski definition) is 4. The Hall–Kier alpha value is -2.47. The number of rotatable bonds is 4. The predicted octanol–water partition coefficient (Wildman–Crippen LogP) is 2.96. The van der Waals surface area contributed by atoms with Gasteiger partial charge in [0.15, 0.2) is 0 Å². The number of imide groups is 1. The molecule has 0 spiro atoms. The van der Waals surface area contributed by atoms with Crippen molar-refractivity contribution in [3.05, 3.63) is 70.8 Å². The van der Waals surface area contributed by atoms with Crippen LogP contribution in [0.15, 0.2) is 59.6 Å². The molecule has 0 aliphatic carbocycles. The highest BCUT2D eigenvalue weighted by atomic mass is 35.5. The largest absolute Gasteiger partial charge is 0.304 e. The SMILES string of the molecule is CN1CCN(Cc2ccc(N3C(=O)C(Cl)=C(c4ccccc4)C3=O)cc2)CC1. The van der Waals surface area contributed by atoms with Gasteiger partial charge in [-0.15, -0.1) is 0 Å². The minimum absolute atomic E-state index is 0.0299. The van der Waals surface area contributed by atoms with E-state index in [4.69, 9.17) is 11.6 Å². The third-order valence-corrected chi connectivity index (χ3v) is 5.64. The lowest BCUT2D eigenvalue weighted by atomic mass is 10.1. The Bertz CT molecular complexity index is 917. The Kier molecular flexibility index (Phi) is 5.31. The smallest absolute Gasteiger partial charge is 0.277 e. The van der Waals surface area contributed by atoms with Crippen LogP contribution in [0.3, 0.4) is 0 Å². The van der Waals surface area contributed by atoms with Gasteiger partial charge in [0.1, 0.15) is 5.03 Å². The van der Waals surface area contributed by atoms with E-state index >= 15 is 0 Å². The fourth-order valence-corrected chi connectivity index (χ4v) is 3.88. The molecule has 2 aromatic carbocycles. The van der Waals surface area contributed by atoms with Crippen LogP contribution in [0.4, 0.5) is 5.69 Å². The molecule has 5 nitrogen and oxygen atoms in total. The number of carbonyl (C=O) groups excluding carboxylic acids is 2. The molecule has 0 radical (unpaired) electrons. The summed E-state index contributed by atoms with van der Waals surface area (Å²) in [5.41, 5.74) is 2.62. The summed E-state index contributed by atoms with van der Waals surface area (Å²) in [5.74, 6) is -0.856. The van der Waals surface area contributed by atoms with Crippen molar-refractivity contribution in [2.45, 2.75) is 6.54 Å². The van der Waals surface area contributed by atoms with Gasteiger partial charge in [-0.1, -0.05) is 54.1 Å². The summed E-state index contributed by atoms with van der Waals surface area (Å²) in [6, 6.07) is 16.6. The van der Waals surface area contributed by atoms with Crippen molar-refractivity contribution in [3.63, 3.8) is 0 Å². The van der Waals surface area contributed by atoms with E-state index in [0.717, 1.165) is 43.2 Å². The molecule has 0 N–H and O–H groups in total. The van der Waals surface area contributed by atoms with Crippen LogP contribution in [0.2, 0.25) is 0 Å². The maximum atomic E-state index is 12.9. The van der Waals surface area contributed by atoms with Crippen molar-refractivity contribution in [2.75, 3.05) is 38.1 Å². The zero-order valence-electron chi connectivity index (χ0n) is 15.8. The Labute approximate surface area is 169 Å². The Morgan fingerprint density at radius 2 is 1.50 bits per heavy atom. The molecule has 1 saturated heterocycles. The van der Waals surface area contributed by atoms with Gasteiger partial charge in [0.25, 0.3) is 11.8 Å². The van der Waals surface area contributed by atoms with E-state index in [0.29, 0.717) is 11.3 Å². The number of anilines is 1. The third-order valence-electron chi connectivity index (χ3n) is 5.29. The van der Waals surface area contributed by atoms with Crippen LogP contribution in [0, 0.1) is 0 Å². The summed E-state index contributed by atoms with van der Waals surface area (Å²) in [6.07, 6.45) is 0. The van der Waals surface area contributed by atoms with Gasteiger partial charge < -0.3 is 4.90 Å². The molecule has 0 saturated carbocycles. The fourth-order valence-electron chi connectivity index (χ4n) is 3.61. The molecule has 0 atom stereocenters. The standard InChI is InChI=1S/C22H22ClN3O2/c1-24-11-13-25(14-12-24)15-16-7-9-18(10-8-16)26-21(27)19(20(23)22(26)28)17-5-3-2-4-6-17/h2-10H,11-15H2,1H3. The van der Waals surface area contributed by atoms with Crippen molar-refractivity contribution in [3.8, 4) is 0 Å². The Morgan fingerprint density at radius 3 is 2.14 bits per heavy atom. The van der Waals surface area contributed by atoms with Crippen molar-refractivity contribution in [1.82, 2.24) is 9.80 Å². The summed E-state index contributed by atoms with van der Waals surface area (Å²) >= 11 is 6.23.